The summed E-state index contributed by atoms with van der Waals surface area (Å²) in [6.45, 7) is 15.5. The Morgan fingerprint density at radius 3 is 1.36 bits per heavy atom. The van der Waals surface area contributed by atoms with Crippen LogP contribution in [0.15, 0.2) is 36.5 Å². The van der Waals surface area contributed by atoms with Gasteiger partial charge in [0.05, 0.1) is 26.4 Å². The molecule has 0 spiro atoms. The third-order valence-electron chi connectivity index (χ3n) is 6.19. The maximum absolute atomic E-state index is 12.7. The number of carbonyl (C=O) groups excluding carboxylic acids is 6. The minimum absolute atomic E-state index is 0.0194. The first-order valence-electron chi connectivity index (χ1n) is 15.0. The van der Waals surface area contributed by atoms with Crippen molar-refractivity contribution in [3.8, 4) is 0 Å². The Bertz CT molecular complexity index is 1020. The molecule has 1 rings (SSSR count). The van der Waals surface area contributed by atoms with E-state index in [4.69, 9.17) is 33.2 Å². The number of carbonyl (C=O) groups is 6. The molecule has 0 N–H and O–H groups in total. The molecule has 0 saturated carbocycles. The second-order valence-corrected chi connectivity index (χ2v) is 10.6. The van der Waals surface area contributed by atoms with Crippen LogP contribution in [-0.4, -0.2) is 80.7 Å². The summed E-state index contributed by atoms with van der Waals surface area (Å²) in [5.74, 6) is -3.39. The molecule has 1 fully saturated rings. The van der Waals surface area contributed by atoms with Gasteiger partial charge in [0.15, 0.2) is 0 Å². The summed E-state index contributed by atoms with van der Waals surface area (Å²) in [5, 5.41) is 0. The molecule has 13 heteroatoms. The second kappa shape index (κ2) is 21.7. The van der Waals surface area contributed by atoms with E-state index in [1.165, 1.54) is 20.8 Å². The Balaban J connectivity index is 2.70. The van der Waals surface area contributed by atoms with E-state index in [2.05, 4.69) is 19.7 Å². The minimum Gasteiger partial charge on any atom is -0.462 e. The lowest BCUT2D eigenvalue weighted by molar-refractivity contribution is -0.250. The average Bonchev–Trinajstić information content (AvgIpc) is 2.97. The zero-order valence-corrected chi connectivity index (χ0v) is 26.6. The van der Waals surface area contributed by atoms with Crippen molar-refractivity contribution >= 4 is 35.8 Å². The SMILES string of the molecule is C=C(C)C(=O)OCCCCC(=O)OC1CCOC(OC(=O)CCCCOC(=O)C(=C)C)[C@@H]1OC(=O)CCCCOC(=O)C(=C)C. The molecule has 0 radical (unpaired) electrons. The molecule has 0 bridgehead atoms. The normalized spacial score (nSPS) is 17.3. The Labute approximate surface area is 264 Å². The van der Waals surface area contributed by atoms with Crippen LogP contribution in [0.3, 0.4) is 0 Å². The van der Waals surface area contributed by atoms with Gasteiger partial charge in [0, 0.05) is 42.4 Å². The third kappa shape index (κ3) is 17.2. The van der Waals surface area contributed by atoms with Gasteiger partial charge in [-0.2, -0.15) is 0 Å². The van der Waals surface area contributed by atoms with E-state index >= 15 is 0 Å². The third-order valence-corrected chi connectivity index (χ3v) is 6.19. The molecule has 13 nitrogen and oxygen atoms in total. The van der Waals surface area contributed by atoms with Crippen LogP contribution in [-0.2, 0) is 61.9 Å². The maximum Gasteiger partial charge on any atom is 0.333 e. The Kier molecular flexibility index (Phi) is 18.8. The van der Waals surface area contributed by atoms with E-state index in [0.29, 0.717) is 38.5 Å². The van der Waals surface area contributed by atoms with Crippen molar-refractivity contribution in [3.05, 3.63) is 36.5 Å². The Morgan fingerprint density at radius 2 is 0.956 bits per heavy atom. The lowest BCUT2D eigenvalue weighted by atomic mass is 10.1. The molecule has 3 atom stereocenters. The van der Waals surface area contributed by atoms with Gasteiger partial charge in [0.2, 0.25) is 12.4 Å². The molecule has 0 aromatic carbocycles. The summed E-state index contributed by atoms with van der Waals surface area (Å²) in [6, 6.07) is 0. The largest absolute Gasteiger partial charge is 0.462 e. The number of rotatable bonds is 21. The first-order chi connectivity index (χ1) is 21.3. The van der Waals surface area contributed by atoms with Gasteiger partial charge in [-0.1, -0.05) is 19.7 Å². The minimum atomic E-state index is -1.31. The van der Waals surface area contributed by atoms with E-state index in [0.717, 1.165) is 0 Å². The van der Waals surface area contributed by atoms with E-state index in [1.54, 1.807) is 0 Å². The summed E-state index contributed by atoms with van der Waals surface area (Å²) in [4.78, 5) is 72.3. The standard InChI is InChI=1S/C32H46O13/c1-21(2)29(36)39-17-10-7-13-25(33)43-24-16-20-42-32(45-27(35)15-9-12-19-41-31(38)23(5)6)28(24)44-26(34)14-8-11-18-40-30(37)22(3)4/h24,28,32H,1,3,5,7-20H2,2,4,6H3/t24?,28-,32?/m1/s1. The predicted octanol–water partition coefficient (Wildman–Crippen LogP) is 3.97. The zero-order chi connectivity index (χ0) is 33.8. The first-order valence-corrected chi connectivity index (χ1v) is 15.0. The molecule has 0 aromatic heterocycles. The van der Waals surface area contributed by atoms with Crippen LogP contribution >= 0.6 is 0 Å². The smallest absolute Gasteiger partial charge is 0.333 e. The van der Waals surface area contributed by atoms with Gasteiger partial charge in [-0.3, -0.25) is 14.4 Å². The molecule has 0 aliphatic carbocycles. The lowest BCUT2D eigenvalue weighted by Crippen LogP contribution is -2.51. The van der Waals surface area contributed by atoms with Crippen LogP contribution in [0, 0.1) is 0 Å². The van der Waals surface area contributed by atoms with Crippen LogP contribution in [0.5, 0.6) is 0 Å². The number of esters is 6. The van der Waals surface area contributed by atoms with Crippen molar-refractivity contribution in [2.45, 2.75) is 103 Å². The van der Waals surface area contributed by atoms with Gasteiger partial charge < -0.3 is 33.2 Å². The molecular weight excluding hydrogens is 592 g/mol. The van der Waals surface area contributed by atoms with Crippen molar-refractivity contribution in [1.82, 2.24) is 0 Å². The number of hydrogen-bond acceptors (Lipinski definition) is 13. The van der Waals surface area contributed by atoms with Crippen molar-refractivity contribution in [2.24, 2.45) is 0 Å². The van der Waals surface area contributed by atoms with Crippen LogP contribution in [0.25, 0.3) is 0 Å². The van der Waals surface area contributed by atoms with Gasteiger partial charge in [-0.05, 0) is 59.3 Å². The molecule has 1 heterocycles. The van der Waals surface area contributed by atoms with Crippen LogP contribution < -0.4 is 0 Å². The summed E-state index contributed by atoms with van der Waals surface area (Å²) >= 11 is 0. The summed E-state index contributed by atoms with van der Waals surface area (Å²) in [5.41, 5.74) is 0.820. The lowest BCUT2D eigenvalue weighted by Gasteiger charge is -2.36. The number of unbranched alkanes of at least 4 members (excludes halogenated alkanes) is 3. The van der Waals surface area contributed by atoms with Gasteiger partial charge in [0.1, 0.15) is 6.10 Å². The highest BCUT2D eigenvalue weighted by molar-refractivity contribution is 5.87. The van der Waals surface area contributed by atoms with Crippen LogP contribution in [0.2, 0.25) is 0 Å². The zero-order valence-electron chi connectivity index (χ0n) is 26.6. The maximum atomic E-state index is 12.7. The highest BCUT2D eigenvalue weighted by atomic mass is 16.7. The fourth-order valence-corrected chi connectivity index (χ4v) is 3.70. The van der Waals surface area contributed by atoms with Crippen LogP contribution in [0.4, 0.5) is 0 Å². The van der Waals surface area contributed by atoms with Gasteiger partial charge in [0.25, 0.3) is 0 Å². The predicted molar refractivity (Wildman–Crippen MR) is 159 cm³/mol. The van der Waals surface area contributed by atoms with E-state index in [1.807, 2.05) is 0 Å². The number of hydrogen-bond donors (Lipinski definition) is 0. The van der Waals surface area contributed by atoms with Crippen molar-refractivity contribution in [3.63, 3.8) is 0 Å². The molecule has 1 aliphatic rings. The fraction of sp³-hybridized carbons (Fsp3) is 0.625. The topological polar surface area (TPSA) is 167 Å². The van der Waals surface area contributed by atoms with Gasteiger partial charge >= 0.3 is 35.8 Å². The monoisotopic (exact) mass is 638 g/mol. The highest BCUT2D eigenvalue weighted by Gasteiger charge is 2.42. The quantitative estimate of drug-likeness (QED) is 0.0767. The molecule has 1 saturated heterocycles. The van der Waals surface area contributed by atoms with Crippen molar-refractivity contribution in [1.29, 1.82) is 0 Å². The van der Waals surface area contributed by atoms with Crippen molar-refractivity contribution in [2.75, 3.05) is 26.4 Å². The highest BCUT2D eigenvalue weighted by Crippen LogP contribution is 2.24. The van der Waals surface area contributed by atoms with Gasteiger partial charge in [-0.15, -0.1) is 0 Å². The Morgan fingerprint density at radius 1 is 0.578 bits per heavy atom. The van der Waals surface area contributed by atoms with E-state index < -0.39 is 54.3 Å². The average molecular weight is 639 g/mol. The second-order valence-electron chi connectivity index (χ2n) is 10.6. The molecule has 45 heavy (non-hydrogen) atoms. The van der Waals surface area contributed by atoms with Crippen molar-refractivity contribution < 1.29 is 61.9 Å². The molecule has 252 valence electrons. The van der Waals surface area contributed by atoms with Crippen LogP contribution in [0.1, 0.15) is 85.0 Å². The summed E-state index contributed by atoms with van der Waals surface area (Å²) < 4.78 is 37.3. The molecule has 0 aromatic rings. The van der Waals surface area contributed by atoms with E-state index in [-0.39, 0.29) is 68.8 Å². The first kappa shape index (κ1) is 39.0. The fourth-order valence-electron chi connectivity index (χ4n) is 3.70. The molecule has 1 aliphatic heterocycles. The molecule has 2 unspecified atom stereocenters. The van der Waals surface area contributed by atoms with Gasteiger partial charge in [-0.25, -0.2) is 14.4 Å². The summed E-state index contributed by atoms with van der Waals surface area (Å²) in [6.07, 6.45) is -0.990. The van der Waals surface area contributed by atoms with E-state index in [9.17, 15) is 28.8 Å². The molecular formula is C32H46O13. The summed E-state index contributed by atoms with van der Waals surface area (Å²) in [7, 11) is 0. The Hall–Kier alpha value is -4.00. The number of ether oxygens (including phenoxy) is 7. The molecule has 0 amide bonds.